The lowest BCUT2D eigenvalue weighted by Gasteiger charge is -2.10. The van der Waals surface area contributed by atoms with Gasteiger partial charge in [-0.2, -0.15) is 0 Å². The van der Waals surface area contributed by atoms with Gasteiger partial charge in [-0.3, -0.25) is 0 Å². The fourth-order valence-corrected chi connectivity index (χ4v) is 2.39. The molecule has 0 bridgehead atoms. The Kier molecular flexibility index (Phi) is 4.06. The van der Waals surface area contributed by atoms with E-state index in [0.29, 0.717) is 5.56 Å². The Labute approximate surface area is 116 Å². The molecule has 0 aliphatic rings. The summed E-state index contributed by atoms with van der Waals surface area (Å²) in [4.78, 5) is 16.8. The second kappa shape index (κ2) is 5.75. The summed E-state index contributed by atoms with van der Waals surface area (Å²) in [7, 11) is 1.33. The molecule has 0 radical (unpaired) electrons. The van der Waals surface area contributed by atoms with E-state index in [-0.39, 0.29) is 5.82 Å². The fraction of sp³-hybridized carbons (Fsp3) is 0.143. The lowest BCUT2D eigenvalue weighted by Crippen LogP contribution is -2.09. The highest BCUT2D eigenvalue weighted by atomic mass is 32.2. The number of esters is 1. The Morgan fingerprint density at radius 1 is 1.32 bits per heavy atom. The van der Waals surface area contributed by atoms with Gasteiger partial charge >= 0.3 is 5.97 Å². The van der Waals surface area contributed by atoms with Crippen LogP contribution in [0.5, 0.6) is 0 Å². The number of thioether (sulfide) groups is 1. The van der Waals surface area contributed by atoms with Crippen molar-refractivity contribution < 1.29 is 9.53 Å². The Balaban J connectivity index is 2.57. The molecular weight excluding hydrogens is 260 g/mol. The minimum atomic E-state index is -0.464. The number of nitrogen functional groups attached to an aromatic ring is 1. The summed E-state index contributed by atoms with van der Waals surface area (Å²) in [6.07, 6.45) is 1.88. The molecule has 0 unspecified atom stereocenters. The molecule has 19 heavy (non-hydrogen) atoms. The summed E-state index contributed by atoms with van der Waals surface area (Å²) < 4.78 is 4.73. The third-order valence-electron chi connectivity index (χ3n) is 2.69. The molecular formula is C14H14N2O2S. The second-order valence-electron chi connectivity index (χ2n) is 3.83. The number of aromatic nitrogens is 1. The van der Waals surface area contributed by atoms with Gasteiger partial charge in [0, 0.05) is 10.5 Å². The van der Waals surface area contributed by atoms with Gasteiger partial charge < -0.3 is 10.5 Å². The van der Waals surface area contributed by atoms with Crippen LogP contribution in [-0.2, 0) is 4.74 Å². The summed E-state index contributed by atoms with van der Waals surface area (Å²) in [5.74, 6) is -0.272. The first-order valence-corrected chi connectivity index (χ1v) is 6.88. The van der Waals surface area contributed by atoms with Crippen LogP contribution in [0.2, 0.25) is 0 Å². The standard InChI is InChI=1S/C14H14N2O2S/c1-18-14(17)12-11(19-2)8-10(16-13(12)15)9-6-4-3-5-7-9/h3-8H,1-2H3,(H2,15,16). The largest absolute Gasteiger partial charge is 0.465 e. The van der Waals surface area contributed by atoms with Crippen molar-refractivity contribution in [1.82, 2.24) is 4.98 Å². The van der Waals surface area contributed by atoms with Crippen LogP contribution in [0.15, 0.2) is 41.3 Å². The van der Waals surface area contributed by atoms with Gasteiger partial charge in [-0.05, 0) is 12.3 Å². The smallest absolute Gasteiger partial charge is 0.342 e. The molecule has 1 aromatic heterocycles. The van der Waals surface area contributed by atoms with Crippen molar-refractivity contribution in [2.24, 2.45) is 0 Å². The minimum absolute atomic E-state index is 0.192. The van der Waals surface area contributed by atoms with E-state index in [0.717, 1.165) is 16.2 Å². The van der Waals surface area contributed by atoms with Crippen LogP contribution < -0.4 is 5.73 Å². The molecule has 0 fully saturated rings. The van der Waals surface area contributed by atoms with Gasteiger partial charge in [-0.15, -0.1) is 11.8 Å². The van der Waals surface area contributed by atoms with Crippen LogP contribution in [0.25, 0.3) is 11.3 Å². The summed E-state index contributed by atoms with van der Waals surface area (Å²) >= 11 is 1.44. The van der Waals surface area contributed by atoms with Gasteiger partial charge in [0.1, 0.15) is 11.4 Å². The first-order chi connectivity index (χ1) is 9.17. The van der Waals surface area contributed by atoms with Crippen molar-refractivity contribution >= 4 is 23.5 Å². The van der Waals surface area contributed by atoms with Crippen LogP contribution in [0.3, 0.4) is 0 Å². The summed E-state index contributed by atoms with van der Waals surface area (Å²) in [6.45, 7) is 0. The molecule has 98 valence electrons. The number of carbonyl (C=O) groups excluding carboxylic acids is 1. The topological polar surface area (TPSA) is 65.2 Å². The number of nitrogens with zero attached hydrogens (tertiary/aromatic N) is 1. The van der Waals surface area contributed by atoms with E-state index in [1.807, 2.05) is 42.7 Å². The van der Waals surface area contributed by atoms with Crippen LogP contribution in [0.4, 0.5) is 5.82 Å². The van der Waals surface area contributed by atoms with Crippen LogP contribution >= 0.6 is 11.8 Å². The second-order valence-corrected chi connectivity index (χ2v) is 4.68. The molecule has 0 spiro atoms. The monoisotopic (exact) mass is 274 g/mol. The number of carbonyl (C=O) groups is 1. The maximum atomic E-state index is 11.7. The molecule has 2 aromatic rings. The summed E-state index contributed by atoms with van der Waals surface area (Å²) in [5, 5.41) is 0. The number of methoxy groups -OCH3 is 1. The van der Waals surface area contributed by atoms with Gasteiger partial charge in [0.2, 0.25) is 0 Å². The lowest BCUT2D eigenvalue weighted by molar-refractivity contribution is 0.0597. The quantitative estimate of drug-likeness (QED) is 0.688. The number of hydrogen-bond donors (Lipinski definition) is 1. The first kappa shape index (κ1) is 13.4. The number of rotatable bonds is 3. The van der Waals surface area contributed by atoms with Crippen molar-refractivity contribution in [2.75, 3.05) is 19.1 Å². The van der Waals surface area contributed by atoms with E-state index in [1.165, 1.54) is 18.9 Å². The van der Waals surface area contributed by atoms with Crippen molar-refractivity contribution in [2.45, 2.75) is 4.90 Å². The predicted octanol–water partition coefficient (Wildman–Crippen LogP) is 2.84. The molecule has 1 aromatic carbocycles. The Morgan fingerprint density at radius 2 is 2.00 bits per heavy atom. The highest BCUT2D eigenvalue weighted by Crippen LogP contribution is 2.30. The molecule has 0 aliphatic carbocycles. The number of benzene rings is 1. The van der Waals surface area contributed by atoms with Gasteiger partial charge in [0.25, 0.3) is 0 Å². The Morgan fingerprint density at radius 3 is 2.58 bits per heavy atom. The van der Waals surface area contributed by atoms with Crippen molar-refractivity contribution in [1.29, 1.82) is 0 Å². The van der Waals surface area contributed by atoms with Gasteiger partial charge in [0.05, 0.1) is 12.8 Å². The van der Waals surface area contributed by atoms with E-state index >= 15 is 0 Å². The SMILES string of the molecule is COC(=O)c1c(SC)cc(-c2ccccc2)nc1N. The zero-order valence-electron chi connectivity index (χ0n) is 10.7. The normalized spacial score (nSPS) is 10.2. The van der Waals surface area contributed by atoms with Crippen molar-refractivity contribution in [3.05, 3.63) is 42.0 Å². The minimum Gasteiger partial charge on any atom is -0.465 e. The maximum absolute atomic E-state index is 11.7. The zero-order valence-corrected chi connectivity index (χ0v) is 11.5. The fourth-order valence-electron chi connectivity index (χ4n) is 1.77. The van der Waals surface area contributed by atoms with E-state index in [1.54, 1.807) is 0 Å². The number of ether oxygens (including phenoxy) is 1. The van der Waals surface area contributed by atoms with Crippen molar-refractivity contribution in [3.8, 4) is 11.3 Å². The molecule has 0 amide bonds. The summed E-state index contributed by atoms with van der Waals surface area (Å²) in [5.41, 5.74) is 7.92. The number of pyridine rings is 1. The molecule has 2 rings (SSSR count). The third-order valence-corrected chi connectivity index (χ3v) is 3.45. The molecule has 4 nitrogen and oxygen atoms in total. The summed E-state index contributed by atoms with van der Waals surface area (Å²) in [6, 6.07) is 11.5. The third kappa shape index (κ3) is 2.71. The van der Waals surface area contributed by atoms with E-state index < -0.39 is 5.97 Å². The maximum Gasteiger partial charge on any atom is 0.342 e. The van der Waals surface area contributed by atoms with Gasteiger partial charge in [0.15, 0.2) is 0 Å². The first-order valence-electron chi connectivity index (χ1n) is 5.65. The van der Waals surface area contributed by atoms with E-state index in [2.05, 4.69) is 4.98 Å². The Bertz CT molecular complexity index is 600. The average Bonchev–Trinajstić information content (AvgIpc) is 2.46. The average molecular weight is 274 g/mol. The van der Waals surface area contributed by atoms with Gasteiger partial charge in [-0.25, -0.2) is 9.78 Å². The Hall–Kier alpha value is -2.01. The van der Waals surface area contributed by atoms with E-state index in [9.17, 15) is 4.79 Å². The molecule has 0 atom stereocenters. The highest BCUT2D eigenvalue weighted by Gasteiger charge is 2.18. The number of nitrogens with two attached hydrogens (primary N) is 1. The molecule has 2 N–H and O–H groups in total. The zero-order chi connectivity index (χ0) is 13.8. The van der Waals surface area contributed by atoms with Crippen LogP contribution in [-0.4, -0.2) is 24.3 Å². The van der Waals surface area contributed by atoms with Gasteiger partial charge in [-0.1, -0.05) is 30.3 Å². The molecule has 5 heteroatoms. The van der Waals surface area contributed by atoms with Crippen molar-refractivity contribution in [3.63, 3.8) is 0 Å². The number of anilines is 1. The van der Waals surface area contributed by atoms with E-state index in [4.69, 9.17) is 10.5 Å². The molecule has 0 saturated carbocycles. The lowest BCUT2D eigenvalue weighted by atomic mass is 10.1. The molecule has 0 aliphatic heterocycles. The van der Waals surface area contributed by atoms with Crippen LogP contribution in [0, 0.1) is 0 Å². The molecule has 0 saturated heterocycles. The highest BCUT2D eigenvalue weighted by molar-refractivity contribution is 7.98. The predicted molar refractivity (Wildman–Crippen MR) is 77.2 cm³/mol. The molecule has 1 heterocycles. The van der Waals surface area contributed by atoms with Crippen LogP contribution in [0.1, 0.15) is 10.4 Å². The number of hydrogen-bond acceptors (Lipinski definition) is 5.